The molecule has 1 aromatic heterocycles. The summed E-state index contributed by atoms with van der Waals surface area (Å²) in [6, 6.07) is 5.54. The van der Waals surface area contributed by atoms with Crippen LogP contribution < -0.4 is 0 Å². The molecule has 0 bridgehead atoms. The van der Waals surface area contributed by atoms with Crippen LogP contribution >= 0.6 is 11.6 Å². The van der Waals surface area contributed by atoms with Gasteiger partial charge in [0.15, 0.2) is 11.1 Å². The molecule has 0 radical (unpaired) electrons. The molecule has 16 heavy (non-hydrogen) atoms. The van der Waals surface area contributed by atoms with Crippen molar-refractivity contribution in [3.63, 3.8) is 0 Å². The van der Waals surface area contributed by atoms with E-state index in [9.17, 15) is 8.60 Å². The Morgan fingerprint density at radius 3 is 2.75 bits per heavy atom. The zero-order valence-corrected chi connectivity index (χ0v) is 9.48. The first-order chi connectivity index (χ1) is 7.58. The molecular formula is C10H7ClFNO2S. The lowest BCUT2D eigenvalue weighted by atomic mass is 10.1. The standard InChI is InChI=1S/C10H7ClFNO2S/c11-6-1-2-9(12)8(3-6)10-4-7(5-13-10)16(14)15/h1-5,13H,(H,14,15). The third-order valence-corrected chi connectivity index (χ3v) is 2.95. The topological polar surface area (TPSA) is 53.1 Å². The Bertz CT molecular complexity index is 556. The van der Waals surface area contributed by atoms with Crippen LogP contribution in [-0.4, -0.2) is 13.7 Å². The second-order valence-electron chi connectivity index (χ2n) is 3.12. The van der Waals surface area contributed by atoms with Gasteiger partial charge in [0.1, 0.15) is 5.82 Å². The molecule has 3 nitrogen and oxygen atoms in total. The number of rotatable bonds is 2. The van der Waals surface area contributed by atoms with Crippen LogP contribution in [0.1, 0.15) is 0 Å². The van der Waals surface area contributed by atoms with E-state index < -0.39 is 16.9 Å². The fraction of sp³-hybridized carbons (Fsp3) is 0. The lowest BCUT2D eigenvalue weighted by Crippen LogP contribution is -1.84. The predicted molar refractivity (Wildman–Crippen MR) is 60.2 cm³/mol. The number of hydrogen-bond donors (Lipinski definition) is 2. The van der Waals surface area contributed by atoms with E-state index in [2.05, 4.69) is 4.98 Å². The van der Waals surface area contributed by atoms with Crippen LogP contribution in [0.2, 0.25) is 5.02 Å². The van der Waals surface area contributed by atoms with Crippen LogP contribution in [0, 0.1) is 5.82 Å². The molecule has 0 saturated carbocycles. The number of benzene rings is 1. The molecule has 0 aliphatic heterocycles. The van der Waals surface area contributed by atoms with Crippen molar-refractivity contribution >= 4 is 22.7 Å². The molecule has 0 spiro atoms. The quantitative estimate of drug-likeness (QED) is 0.815. The summed E-state index contributed by atoms with van der Waals surface area (Å²) in [6.07, 6.45) is 1.35. The number of halogens is 2. The highest BCUT2D eigenvalue weighted by Gasteiger charge is 2.10. The van der Waals surface area contributed by atoms with E-state index in [1.807, 2.05) is 0 Å². The van der Waals surface area contributed by atoms with Gasteiger partial charge in [-0.3, -0.25) is 0 Å². The highest BCUT2D eigenvalue weighted by molar-refractivity contribution is 7.79. The second kappa shape index (κ2) is 4.37. The molecule has 2 N–H and O–H groups in total. The fourth-order valence-electron chi connectivity index (χ4n) is 1.33. The summed E-state index contributed by atoms with van der Waals surface area (Å²) in [4.78, 5) is 2.91. The number of aromatic amines is 1. The minimum atomic E-state index is -2.08. The normalized spacial score (nSPS) is 12.7. The molecule has 84 valence electrons. The van der Waals surface area contributed by atoms with Crippen LogP contribution in [0.4, 0.5) is 4.39 Å². The molecule has 6 heteroatoms. The Kier molecular flexibility index (Phi) is 3.09. The minimum Gasteiger partial charge on any atom is -0.360 e. The van der Waals surface area contributed by atoms with Crippen molar-refractivity contribution in [1.82, 2.24) is 4.98 Å². The van der Waals surface area contributed by atoms with Gasteiger partial charge in [-0.15, -0.1) is 0 Å². The van der Waals surface area contributed by atoms with E-state index in [4.69, 9.17) is 16.2 Å². The third-order valence-electron chi connectivity index (χ3n) is 2.08. The van der Waals surface area contributed by atoms with Gasteiger partial charge in [-0.2, -0.15) is 0 Å². The van der Waals surface area contributed by atoms with E-state index in [-0.39, 0.29) is 10.5 Å². The van der Waals surface area contributed by atoms with E-state index >= 15 is 0 Å². The van der Waals surface area contributed by atoms with E-state index in [0.29, 0.717) is 10.7 Å². The van der Waals surface area contributed by atoms with Gasteiger partial charge in [-0.05, 0) is 24.3 Å². The summed E-state index contributed by atoms with van der Waals surface area (Å²) in [5, 5.41) is 0.401. The molecule has 0 fully saturated rings. The maximum Gasteiger partial charge on any atom is 0.188 e. The predicted octanol–water partition coefficient (Wildman–Crippen LogP) is 3.05. The van der Waals surface area contributed by atoms with Gasteiger partial charge < -0.3 is 9.54 Å². The van der Waals surface area contributed by atoms with E-state index in [1.165, 1.54) is 30.5 Å². The third kappa shape index (κ3) is 2.16. The lowest BCUT2D eigenvalue weighted by Gasteiger charge is -2.00. The van der Waals surface area contributed by atoms with Gasteiger partial charge in [-0.25, -0.2) is 8.60 Å². The Morgan fingerprint density at radius 1 is 1.38 bits per heavy atom. The van der Waals surface area contributed by atoms with Gasteiger partial charge in [0.25, 0.3) is 0 Å². The molecular weight excluding hydrogens is 253 g/mol. The van der Waals surface area contributed by atoms with E-state index in [1.54, 1.807) is 0 Å². The SMILES string of the molecule is O=S(O)c1c[nH]c(-c2cc(Cl)ccc2F)c1. The van der Waals surface area contributed by atoms with Gasteiger partial charge >= 0.3 is 0 Å². The van der Waals surface area contributed by atoms with Gasteiger partial charge in [0, 0.05) is 22.5 Å². The van der Waals surface area contributed by atoms with Crippen molar-refractivity contribution in [2.45, 2.75) is 4.90 Å². The van der Waals surface area contributed by atoms with Crippen molar-refractivity contribution in [1.29, 1.82) is 0 Å². The van der Waals surface area contributed by atoms with Gasteiger partial charge in [-0.1, -0.05) is 11.6 Å². The highest BCUT2D eigenvalue weighted by Crippen LogP contribution is 2.26. The maximum absolute atomic E-state index is 13.4. The Balaban J connectivity index is 2.50. The number of hydrogen-bond acceptors (Lipinski definition) is 1. The van der Waals surface area contributed by atoms with Gasteiger partial charge in [0.2, 0.25) is 0 Å². The highest BCUT2D eigenvalue weighted by atomic mass is 35.5. The molecule has 0 amide bonds. The van der Waals surface area contributed by atoms with Crippen LogP contribution in [0.5, 0.6) is 0 Å². The Morgan fingerprint density at radius 2 is 2.12 bits per heavy atom. The smallest absolute Gasteiger partial charge is 0.188 e. The second-order valence-corrected chi connectivity index (χ2v) is 4.53. The largest absolute Gasteiger partial charge is 0.360 e. The average Bonchev–Trinajstić information content (AvgIpc) is 2.70. The fourth-order valence-corrected chi connectivity index (χ4v) is 1.89. The number of H-pyrrole nitrogens is 1. The van der Waals surface area contributed by atoms with Crippen molar-refractivity contribution in [2.75, 3.05) is 0 Å². The monoisotopic (exact) mass is 259 g/mol. The van der Waals surface area contributed by atoms with Crippen LogP contribution in [0.15, 0.2) is 35.4 Å². The lowest BCUT2D eigenvalue weighted by molar-refractivity contribution is 0.564. The summed E-state index contributed by atoms with van der Waals surface area (Å²) >= 11 is 3.67. The number of aromatic nitrogens is 1. The van der Waals surface area contributed by atoms with Gasteiger partial charge in [0.05, 0.1) is 4.90 Å². The molecule has 1 heterocycles. The summed E-state index contributed by atoms with van der Waals surface area (Å²) in [7, 11) is 0. The van der Waals surface area contributed by atoms with Crippen LogP contribution in [0.25, 0.3) is 11.3 Å². The molecule has 2 aromatic rings. The maximum atomic E-state index is 13.4. The summed E-state index contributed by atoms with van der Waals surface area (Å²) in [5.41, 5.74) is 0.682. The van der Waals surface area contributed by atoms with E-state index in [0.717, 1.165) is 0 Å². The molecule has 0 aliphatic rings. The first-order valence-corrected chi connectivity index (χ1v) is 5.81. The average molecular weight is 260 g/mol. The van der Waals surface area contributed by atoms with Crippen LogP contribution in [0.3, 0.4) is 0 Å². The molecule has 0 aliphatic carbocycles. The zero-order chi connectivity index (χ0) is 11.7. The Labute approximate surface area is 98.5 Å². The molecule has 1 atom stereocenters. The summed E-state index contributed by atoms with van der Waals surface area (Å²) in [5.74, 6) is -0.443. The molecule has 2 rings (SSSR count). The van der Waals surface area contributed by atoms with Crippen molar-refractivity contribution in [2.24, 2.45) is 0 Å². The number of nitrogens with one attached hydrogen (secondary N) is 1. The Hall–Kier alpha value is -1.17. The summed E-state index contributed by atoms with van der Waals surface area (Å²) < 4.78 is 33.1. The molecule has 0 saturated heterocycles. The molecule has 1 aromatic carbocycles. The summed E-state index contributed by atoms with van der Waals surface area (Å²) in [6.45, 7) is 0. The molecule has 1 unspecified atom stereocenters. The van der Waals surface area contributed by atoms with Crippen LogP contribution in [-0.2, 0) is 11.1 Å². The van der Waals surface area contributed by atoms with Crippen molar-refractivity contribution < 1.29 is 13.2 Å². The first kappa shape index (κ1) is 11.3. The minimum absolute atomic E-state index is 0.189. The zero-order valence-electron chi connectivity index (χ0n) is 7.91. The van der Waals surface area contributed by atoms with Crippen molar-refractivity contribution in [3.8, 4) is 11.3 Å². The first-order valence-electron chi connectivity index (χ1n) is 4.32. The van der Waals surface area contributed by atoms with Crippen molar-refractivity contribution in [3.05, 3.63) is 41.3 Å².